The Labute approximate surface area is 174 Å². The molecule has 30 heavy (non-hydrogen) atoms. The minimum absolute atomic E-state index is 0.0364. The van der Waals surface area contributed by atoms with Crippen molar-refractivity contribution >= 4 is 33.4 Å². The summed E-state index contributed by atoms with van der Waals surface area (Å²) < 4.78 is 25.7. The molecule has 0 saturated carbocycles. The van der Waals surface area contributed by atoms with Gasteiger partial charge in [0, 0.05) is 12.2 Å². The van der Waals surface area contributed by atoms with Crippen LogP contribution < -0.4 is 10.0 Å². The van der Waals surface area contributed by atoms with Gasteiger partial charge >= 0.3 is 0 Å². The quantitative estimate of drug-likeness (QED) is 0.456. The number of imide groups is 1. The van der Waals surface area contributed by atoms with Crippen molar-refractivity contribution in [2.75, 3.05) is 23.6 Å². The van der Waals surface area contributed by atoms with Crippen LogP contribution in [0.5, 0.6) is 0 Å². The maximum Gasteiger partial charge on any atom is 0.285 e. The highest BCUT2D eigenvalue weighted by Crippen LogP contribution is 2.22. The molecule has 1 heterocycles. The summed E-state index contributed by atoms with van der Waals surface area (Å²) in [6.45, 7) is 1.56. The molecule has 2 aromatic carbocycles. The van der Waals surface area contributed by atoms with E-state index in [1.165, 1.54) is 6.92 Å². The van der Waals surface area contributed by atoms with Crippen molar-refractivity contribution < 1.29 is 27.6 Å². The summed E-state index contributed by atoms with van der Waals surface area (Å²) >= 11 is 0. The Morgan fingerprint density at radius 3 is 2.33 bits per heavy atom. The van der Waals surface area contributed by atoms with Crippen molar-refractivity contribution in [3.8, 4) is 0 Å². The molecule has 0 radical (unpaired) electrons. The monoisotopic (exact) mass is 431 g/mol. The molecule has 0 aromatic heterocycles. The summed E-state index contributed by atoms with van der Waals surface area (Å²) in [5.41, 5.74) is 1.58. The maximum atomic E-state index is 12.2. The summed E-state index contributed by atoms with van der Waals surface area (Å²) in [7, 11) is -3.40. The van der Waals surface area contributed by atoms with E-state index in [0.717, 1.165) is 0 Å². The molecule has 0 saturated heterocycles. The molecular formula is C20H21N3O6S. The third kappa shape index (κ3) is 5.02. The summed E-state index contributed by atoms with van der Waals surface area (Å²) in [4.78, 5) is 41.7. The van der Waals surface area contributed by atoms with E-state index < -0.39 is 21.8 Å². The van der Waals surface area contributed by atoms with Gasteiger partial charge in [-0.1, -0.05) is 24.3 Å². The van der Waals surface area contributed by atoms with Crippen molar-refractivity contribution in [2.45, 2.75) is 13.3 Å². The van der Waals surface area contributed by atoms with Crippen LogP contribution in [-0.2, 0) is 26.1 Å². The van der Waals surface area contributed by atoms with Crippen molar-refractivity contribution in [1.29, 1.82) is 0 Å². The first-order valence-electron chi connectivity index (χ1n) is 9.27. The number of carbonyl (C=O) groups excluding carboxylic acids is 3. The lowest BCUT2D eigenvalue weighted by Crippen LogP contribution is -2.35. The van der Waals surface area contributed by atoms with Gasteiger partial charge in [-0.25, -0.2) is 8.42 Å². The van der Waals surface area contributed by atoms with Gasteiger partial charge in [0.25, 0.3) is 11.8 Å². The number of amides is 3. The molecular weight excluding hydrogens is 410 g/mol. The third-order valence-electron chi connectivity index (χ3n) is 4.35. The molecule has 158 valence electrons. The zero-order valence-corrected chi connectivity index (χ0v) is 17.1. The van der Waals surface area contributed by atoms with Crippen molar-refractivity contribution in [3.63, 3.8) is 0 Å². The van der Waals surface area contributed by atoms with E-state index in [-0.39, 0.29) is 42.4 Å². The number of anilines is 1. The Kier molecular flexibility index (Phi) is 6.48. The van der Waals surface area contributed by atoms with E-state index >= 15 is 0 Å². The van der Waals surface area contributed by atoms with Crippen LogP contribution in [-0.4, -0.2) is 50.1 Å². The first kappa shape index (κ1) is 21.5. The number of hydroxylamine groups is 2. The summed E-state index contributed by atoms with van der Waals surface area (Å²) in [6, 6.07) is 13.0. The zero-order chi connectivity index (χ0) is 21.7. The minimum atomic E-state index is -3.40. The Morgan fingerprint density at radius 2 is 1.70 bits per heavy atom. The number of sulfonamides is 1. The van der Waals surface area contributed by atoms with Crippen LogP contribution in [0, 0.1) is 0 Å². The molecule has 2 aromatic rings. The molecule has 3 rings (SSSR count). The molecule has 10 heteroatoms. The summed E-state index contributed by atoms with van der Waals surface area (Å²) in [6.07, 6.45) is 0.0364. The highest BCUT2D eigenvalue weighted by molar-refractivity contribution is 7.92. The number of fused-ring (bicyclic) bond motifs is 1. The summed E-state index contributed by atoms with van der Waals surface area (Å²) in [5, 5.41) is 3.33. The van der Waals surface area contributed by atoms with Gasteiger partial charge in [0.1, 0.15) is 0 Å². The fourth-order valence-corrected chi connectivity index (χ4v) is 3.49. The average molecular weight is 431 g/mol. The Hall–Kier alpha value is -3.24. The second-order valence-electron chi connectivity index (χ2n) is 6.52. The van der Waals surface area contributed by atoms with E-state index in [1.54, 1.807) is 48.5 Å². The molecule has 0 unspecified atom stereocenters. The Bertz CT molecular complexity index is 1050. The van der Waals surface area contributed by atoms with E-state index in [1.807, 2.05) is 0 Å². The van der Waals surface area contributed by atoms with Crippen LogP contribution in [0.2, 0.25) is 0 Å². The van der Waals surface area contributed by atoms with Crippen LogP contribution in [0.1, 0.15) is 33.2 Å². The fraction of sp³-hybridized carbons (Fsp3) is 0.250. The van der Waals surface area contributed by atoms with Gasteiger partial charge < -0.3 is 5.32 Å². The van der Waals surface area contributed by atoms with Gasteiger partial charge in [0.05, 0.1) is 29.9 Å². The number of rotatable bonds is 9. The van der Waals surface area contributed by atoms with E-state index in [9.17, 15) is 22.8 Å². The molecule has 0 fully saturated rings. The molecule has 3 amide bonds. The van der Waals surface area contributed by atoms with Crippen molar-refractivity contribution in [2.24, 2.45) is 0 Å². The van der Waals surface area contributed by atoms with Gasteiger partial charge in [-0.05, 0) is 36.8 Å². The second kappa shape index (κ2) is 9.06. The van der Waals surface area contributed by atoms with Gasteiger partial charge in [-0.3, -0.25) is 23.9 Å². The second-order valence-corrected chi connectivity index (χ2v) is 8.53. The Morgan fingerprint density at radius 1 is 1.03 bits per heavy atom. The number of hydrogen-bond acceptors (Lipinski definition) is 6. The molecule has 1 aliphatic heterocycles. The van der Waals surface area contributed by atoms with Crippen molar-refractivity contribution in [1.82, 2.24) is 10.4 Å². The predicted octanol–water partition coefficient (Wildman–Crippen LogP) is 1.33. The lowest BCUT2D eigenvalue weighted by atomic mass is 10.1. The van der Waals surface area contributed by atoms with Crippen LogP contribution >= 0.6 is 0 Å². The first-order chi connectivity index (χ1) is 14.3. The third-order valence-corrected chi connectivity index (χ3v) is 5.65. The molecule has 2 N–H and O–H groups in total. The number of hydrogen-bond donors (Lipinski definition) is 2. The van der Waals surface area contributed by atoms with Crippen LogP contribution in [0.25, 0.3) is 0 Å². The summed E-state index contributed by atoms with van der Waals surface area (Å²) in [5.74, 6) is -1.43. The molecule has 0 aliphatic carbocycles. The number of nitrogens with zero attached hydrogens (tertiary/aromatic N) is 1. The van der Waals surface area contributed by atoms with Gasteiger partial charge in [0.2, 0.25) is 15.9 Å². The predicted molar refractivity (Wildman–Crippen MR) is 109 cm³/mol. The molecule has 0 atom stereocenters. The van der Waals surface area contributed by atoms with E-state index in [2.05, 4.69) is 10.0 Å². The van der Waals surface area contributed by atoms with Gasteiger partial charge in [0.15, 0.2) is 0 Å². The van der Waals surface area contributed by atoms with Crippen LogP contribution in [0.4, 0.5) is 5.69 Å². The normalized spacial score (nSPS) is 13.3. The maximum absolute atomic E-state index is 12.2. The largest absolute Gasteiger partial charge is 0.353 e. The topological polar surface area (TPSA) is 122 Å². The van der Waals surface area contributed by atoms with E-state index in [0.29, 0.717) is 16.3 Å². The molecule has 0 spiro atoms. The number of nitrogens with one attached hydrogen (secondary N) is 2. The fourth-order valence-electron chi connectivity index (χ4n) is 2.86. The highest BCUT2D eigenvalue weighted by Gasteiger charge is 2.36. The number of carbonyl (C=O) groups is 3. The van der Waals surface area contributed by atoms with Crippen LogP contribution in [0.3, 0.4) is 0 Å². The lowest BCUT2D eigenvalue weighted by Gasteiger charge is -2.13. The lowest BCUT2D eigenvalue weighted by molar-refractivity contribution is -0.122. The SMILES string of the molecule is CCS(=O)(=O)Nc1cccc(CC(=O)NCCON2C(=O)c3ccccc3C2=O)c1. The van der Waals surface area contributed by atoms with Crippen LogP contribution in [0.15, 0.2) is 48.5 Å². The number of benzene rings is 2. The van der Waals surface area contributed by atoms with Gasteiger partial charge in [-0.2, -0.15) is 0 Å². The first-order valence-corrected chi connectivity index (χ1v) is 10.9. The molecule has 0 bridgehead atoms. The highest BCUT2D eigenvalue weighted by atomic mass is 32.2. The Balaban J connectivity index is 1.46. The molecule has 9 nitrogen and oxygen atoms in total. The minimum Gasteiger partial charge on any atom is -0.353 e. The zero-order valence-electron chi connectivity index (χ0n) is 16.3. The average Bonchev–Trinajstić information content (AvgIpc) is 2.96. The van der Waals surface area contributed by atoms with Gasteiger partial charge in [-0.15, -0.1) is 5.06 Å². The van der Waals surface area contributed by atoms with E-state index in [4.69, 9.17) is 4.84 Å². The smallest absolute Gasteiger partial charge is 0.285 e. The standard InChI is InChI=1S/C20H21N3O6S/c1-2-30(27,28)22-15-7-5-6-14(12-15)13-18(24)21-10-11-29-23-19(25)16-8-3-4-9-17(16)20(23)26/h3-9,12,22H,2,10-11,13H2,1H3,(H,21,24). The molecule has 1 aliphatic rings. The van der Waals surface area contributed by atoms with Crippen molar-refractivity contribution in [3.05, 3.63) is 65.2 Å².